The summed E-state index contributed by atoms with van der Waals surface area (Å²) in [6.07, 6.45) is 1.10. The minimum atomic E-state index is 0.0122. The number of thiophene rings is 1. The number of amides is 1. The van der Waals surface area contributed by atoms with E-state index in [2.05, 4.69) is 41.3 Å². The van der Waals surface area contributed by atoms with Crippen molar-refractivity contribution in [3.8, 4) is 0 Å². The predicted molar refractivity (Wildman–Crippen MR) is 95.4 cm³/mol. The maximum Gasteiger partial charge on any atom is 0.231 e. The first-order chi connectivity index (χ1) is 12.2. The lowest BCUT2D eigenvalue weighted by Gasteiger charge is -2.16. The molecule has 3 heterocycles. The fraction of sp³-hybridized carbons (Fsp3) is 0.316. The minimum Gasteiger partial charge on any atom is -0.339 e. The number of hydrogen-bond donors (Lipinski definition) is 0. The first-order valence-electron chi connectivity index (χ1n) is 8.35. The molecule has 1 unspecified atom stereocenters. The van der Waals surface area contributed by atoms with Crippen LogP contribution in [0.25, 0.3) is 0 Å². The zero-order valence-electron chi connectivity index (χ0n) is 14.0. The van der Waals surface area contributed by atoms with Gasteiger partial charge in [0.05, 0.1) is 6.42 Å². The summed E-state index contributed by atoms with van der Waals surface area (Å²) in [7, 11) is 0. The topological polar surface area (TPSA) is 59.2 Å². The number of likely N-dealkylation sites (tertiary alicyclic amines) is 1. The highest BCUT2D eigenvalue weighted by Crippen LogP contribution is 2.28. The van der Waals surface area contributed by atoms with E-state index in [9.17, 15) is 4.79 Å². The van der Waals surface area contributed by atoms with Crippen LogP contribution in [0.3, 0.4) is 0 Å². The van der Waals surface area contributed by atoms with Crippen LogP contribution in [-0.2, 0) is 17.8 Å². The Morgan fingerprint density at radius 3 is 3.04 bits per heavy atom. The average molecular weight is 353 g/mol. The van der Waals surface area contributed by atoms with Gasteiger partial charge < -0.3 is 9.42 Å². The number of benzene rings is 1. The Bertz CT molecular complexity index is 872. The molecule has 0 radical (unpaired) electrons. The zero-order valence-corrected chi connectivity index (χ0v) is 14.8. The second-order valence-electron chi connectivity index (χ2n) is 6.47. The van der Waals surface area contributed by atoms with Gasteiger partial charge in [-0.3, -0.25) is 4.79 Å². The average Bonchev–Trinajstić information content (AvgIpc) is 3.31. The summed E-state index contributed by atoms with van der Waals surface area (Å²) in [5.74, 6) is 1.42. The van der Waals surface area contributed by atoms with E-state index in [-0.39, 0.29) is 11.8 Å². The van der Waals surface area contributed by atoms with E-state index in [4.69, 9.17) is 4.52 Å². The van der Waals surface area contributed by atoms with Gasteiger partial charge >= 0.3 is 0 Å². The number of aryl methyl sites for hydroxylation is 1. The molecule has 25 heavy (non-hydrogen) atoms. The summed E-state index contributed by atoms with van der Waals surface area (Å²) in [5, 5.41) is 6.14. The van der Waals surface area contributed by atoms with Crippen molar-refractivity contribution in [2.75, 3.05) is 6.54 Å². The molecule has 3 aromatic rings. The molecule has 0 N–H and O–H groups in total. The zero-order chi connectivity index (χ0) is 17.2. The minimum absolute atomic E-state index is 0.0122. The number of carbonyl (C=O) groups is 1. The van der Waals surface area contributed by atoms with Gasteiger partial charge in [0.15, 0.2) is 5.82 Å². The number of carbonyl (C=O) groups excluding carboxylic acids is 1. The molecule has 1 fully saturated rings. The number of hydrogen-bond acceptors (Lipinski definition) is 5. The smallest absolute Gasteiger partial charge is 0.231 e. The van der Waals surface area contributed by atoms with Gasteiger partial charge in [-0.25, -0.2) is 0 Å². The fourth-order valence-electron chi connectivity index (χ4n) is 3.20. The SMILES string of the molecule is Cc1cccc(CN2CC(c3noc(Cc4cccs4)n3)CC2=O)c1. The Kier molecular flexibility index (Phi) is 4.36. The highest BCUT2D eigenvalue weighted by molar-refractivity contribution is 7.09. The van der Waals surface area contributed by atoms with Gasteiger partial charge in [-0.1, -0.05) is 41.1 Å². The van der Waals surface area contributed by atoms with Crippen LogP contribution in [0.15, 0.2) is 46.3 Å². The van der Waals surface area contributed by atoms with Gasteiger partial charge in [0.25, 0.3) is 0 Å². The molecular weight excluding hydrogens is 334 g/mol. The first kappa shape index (κ1) is 16.0. The normalized spacial score (nSPS) is 17.4. The van der Waals surface area contributed by atoms with Gasteiger partial charge in [-0.15, -0.1) is 11.3 Å². The lowest BCUT2D eigenvalue weighted by molar-refractivity contribution is -0.128. The fourth-order valence-corrected chi connectivity index (χ4v) is 3.89. The van der Waals surface area contributed by atoms with Crippen molar-refractivity contribution in [2.24, 2.45) is 0 Å². The molecule has 4 rings (SSSR count). The van der Waals surface area contributed by atoms with Crippen molar-refractivity contribution in [3.63, 3.8) is 0 Å². The highest BCUT2D eigenvalue weighted by Gasteiger charge is 2.33. The Labute approximate surface area is 150 Å². The molecule has 5 nitrogen and oxygen atoms in total. The summed E-state index contributed by atoms with van der Waals surface area (Å²) < 4.78 is 5.37. The van der Waals surface area contributed by atoms with E-state index in [1.165, 1.54) is 10.4 Å². The Morgan fingerprint density at radius 1 is 1.32 bits per heavy atom. The van der Waals surface area contributed by atoms with Gasteiger partial charge in [0, 0.05) is 30.3 Å². The first-order valence-corrected chi connectivity index (χ1v) is 9.23. The third-order valence-electron chi connectivity index (χ3n) is 4.42. The van der Waals surface area contributed by atoms with E-state index in [0.29, 0.717) is 37.6 Å². The molecule has 1 atom stereocenters. The lowest BCUT2D eigenvalue weighted by atomic mass is 10.1. The molecule has 1 aliphatic rings. The standard InChI is InChI=1S/C19H19N3O2S/c1-13-4-2-5-14(8-13)11-22-12-15(9-18(22)23)19-20-17(24-21-19)10-16-6-3-7-25-16/h2-8,15H,9-12H2,1H3. The van der Waals surface area contributed by atoms with Crippen LogP contribution in [0.1, 0.15) is 40.1 Å². The third-order valence-corrected chi connectivity index (χ3v) is 5.30. The van der Waals surface area contributed by atoms with Crippen molar-refractivity contribution in [1.29, 1.82) is 0 Å². The largest absolute Gasteiger partial charge is 0.339 e. The molecule has 1 saturated heterocycles. The van der Waals surface area contributed by atoms with Crippen LogP contribution >= 0.6 is 11.3 Å². The molecular formula is C19H19N3O2S. The van der Waals surface area contributed by atoms with Crippen LogP contribution in [0.5, 0.6) is 0 Å². The van der Waals surface area contributed by atoms with E-state index >= 15 is 0 Å². The van der Waals surface area contributed by atoms with E-state index in [1.54, 1.807) is 11.3 Å². The van der Waals surface area contributed by atoms with Gasteiger partial charge in [-0.05, 0) is 23.9 Å². The van der Waals surface area contributed by atoms with Crippen LogP contribution in [0.2, 0.25) is 0 Å². The molecule has 1 aromatic carbocycles. The van der Waals surface area contributed by atoms with Crippen molar-refractivity contribution in [2.45, 2.75) is 32.2 Å². The van der Waals surface area contributed by atoms with Crippen molar-refractivity contribution < 1.29 is 9.32 Å². The molecule has 1 amide bonds. The van der Waals surface area contributed by atoms with Gasteiger partial charge in [0.2, 0.25) is 11.8 Å². The van der Waals surface area contributed by atoms with E-state index in [0.717, 1.165) is 5.56 Å². The Balaban J connectivity index is 1.42. The second-order valence-corrected chi connectivity index (χ2v) is 7.50. The quantitative estimate of drug-likeness (QED) is 0.704. The van der Waals surface area contributed by atoms with Crippen molar-refractivity contribution >= 4 is 17.2 Å². The summed E-state index contributed by atoms with van der Waals surface area (Å²) >= 11 is 1.67. The summed E-state index contributed by atoms with van der Waals surface area (Å²) in [4.78, 5) is 19.9. The third kappa shape index (κ3) is 3.64. The highest BCUT2D eigenvalue weighted by atomic mass is 32.1. The summed E-state index contributed by atoms with van der Waals surface area (Å²) in [6.45, 7) is 3.34. The van der Waals surface area contributed by atoms with Crippen LogP contribution in [0.4, 0.5) is 0 Å². The molecule has 1 aliphatic heterocycles. The van der Waals surface area contributed by atoms with Gasteiger partial charge in [-0.2, -0.15) is 4.98 Å². The van der Waals surface area contributed by atoms with Gasteiger partial charge in [0.1, 0.15) is 0 Å². The maximum atomic E-state index is 12.4. The van der Waals surface area contributed by atoms with E-state index in [1.807, 2.05) is 22.4 Å². The molecule has 0 spiro atoms. The monoisotopic (exact) mass is 353 g/mol. The summed E-state index contributed by atoms with van der Waals surface area (Å²) in [6, 6.07) is 12.3. The number of rotatable bonds is 5. The molecule has 2 aromatic heterocycles. The molecule has 0 bridgehead atoms. The second kappa shape index (κ2) is 6.80. The van der Waals surface area contributed by atoms with E-state index < -0.39 is 0 Å². The number of nitrogens with zero attached hydrogens (tertiary/aromatic N) is 3. The molecule has 128 valence electrons. The van der Waals surface area contributed by atoms with Crippen LogP contribution in [-0.4, -0.2) is 27.5 Å². The predicted octanol–water partition coefficient (Wildman–Crippen LogP) is 3.55. The Morgan fingerprint density at radius 2 is 2.24 bits per heavy atom. The van der Waals surface area contributed by atoms with Crippen molar-refractivity contribution in [3.05, 3.63) is 69.5 Å². The maximum absolute atomic E-state index is 12.4. The lowest BCUT2D eigenvalue weighted by Crippen LogP contribution is -2.24. The Hall–Kier alpha value is -2.47. The molecule has 6 heteroatoms. The summed E-state index contributed by atoms with van der Waals surface area (Å²) in [5.41, 5.74) is 2.36. The van der Waals surface area contributed by atoms with Crippen LogP contribution < -0.4 is 0 Å². The molecule has 0 aliphatic carbocycles. The van der Waals surface area contributed by atoms with Crippen LogP contribution in [0, 0.1) is 6.92 Å². The molecule has 0 saturated carbocycles. The van der Waals surface area contributed by atoms with Crippen molar-refractivity contribution in [1.82, 2.24) is 15.0 Å². The number of aromatic nitrogens is 2.